The molecule has 0 N–H and O–H groups in total. The minimum Gasteiger partial charge on any atom is -0.490 e. The maximum Gasteiger partial charge on any atom is 0.161 e. The zero-order chi connectivity index (χ0) is 12.5. The molecule has 4 heteroatoms. The molecule has 1 aliphatic rings. The second-order valence-electron chi connectivity index (χ2n) is 4.51. The van der Waals surface area contributed by atoms with E-state index in [1.165, 1.54) is 0 Å². The predicted octanol–water partition coefficient (Wildman–Crippen LogP) is 2.56. The largest absolute Gasteiger partial charge is 0.490 e. The molecule has 0 aliphatic carbocycles. The van der Waals surface area contributed by atoms with Gasteiger partial charge in [0.25, 0.3) is 0 Å². The molecule has 0 bridgehead atoms. The van der Waals surface area contributed by atoms with Gasteiger partial charge in [-0.15, -0.1) is 0 Å². The summed E-state index contributed by atoms with van der Waals surface area (Å²) >= 11 is 0. The van der Waals surface area contributed by atoms with Gasteiger partial charge in [0.2, 0.25) is 0 Å². The van der Waals surface area contributed by atoms with Gasteiger partial charge >= 0.3 is 0 Å². The van der Waals surface area contributed by atoms with E-state index < -0.39 is 0 Å². The molecule has 1 aliphatic heterocycles. The van der Waals surface area contributed by atoms with Crippen molar-refractivity contribution in [2.75, 3.05) is 13.2 Å². The molecule has 18 heavy (non-hydrogen) atoms. The maximum atomic E-state index is 5.70. The smallest absolute Gasteiger partial charge is 0.161 e. The van der Waals surface area contributed by atoms with Crippen molar-refractivity contribution in [1.29, 1.82) is 0 Å². The number of aromatic nitrogens is 2. The molecule has 1 aromatic carbocycles. The van der Waals surface area contributed by atoms with E-state index >= 15 is 0 Å². The topological polar surface area (TPSA) is 36.3 Å². The third kappa shape index (κ3) is 1.94. The van der Waals surface area contributed by atoms with Crippen molar-refractivity contribution < 1.29 is 9.47 Å². The molecule has 0 saturated carbocycles. The van der Waals surface area contributed by atoms with Crippen LogP contribution in [-0.2, 0) is 7.05 Å². The lowest BCUT2D eigenvalue weighted by Gasteiger charge is -2.09. The van der Waals surface area contributed by atoms with Crippen LogP contribution in [0.4, 0.5) is 0 Å². The molecule has 4 nitrogen and oxygen atoms in total. The number of fused-ring (bicyclic) bond motifs is 1. The summed E-state index contributed by atoms with van der Waals surface area (Å²) in [6.45, 7) is 3.42. The molecular formula is C14H16N2O2. The van der Waals surface area contributed by atoms with Crippen LogP contribution in [0.5, 0.6) is 11.5 Å². The van der Waals surface area contributed by atoms with E-state index in [1.807, 2.05) is 36.9 Å². The Labute approximate surface area is 106 Å². The first-order chi connectivity index (χ1) is 8.74. The maximum absolute atomic E-state index is 5.70. The molecule has 1 aromatic heterocycles. The van der Waals surface area contributed by atoms with Gasteiger partial charge in [-0.2, -0.15) is 5.10 Å². The van der Waals surface area contributed by atoms with E-state index in [2.05, 4.69) is 11.2 Å². The highest BCUT2D eigenvalue weighted by Crippen LogP contribution is 2.34. The lowest BCUT2D eigenvalue weighted by atomic mass is 10.1. The van der Waals surface area contributed by atoms with Gasteiger partial charge in [0.05, 0.1) is 24.6 Å². The van der Waals surface area contributed by atoms with Crippen LogP contribution in [-0.4, -0.2) is 23.0 Å². The SMILES string of the molecule is Cc1cc(-c2ccc3c(c2)OCCCO3)n(C)n1. The number of nitrogens with zero attached hydrogens (tertiary/aromatic N) is 2. The van der Waals surface area contributed by atoms with Crippen LogP contribution in [0.15, 0.2) is 24.3 Å². The highest BCUT2D eigenvalue weighted by atomic mass is 16.5. The van der Waals surface area contributed by atoms with E-state index in [9.17, 15) is 0 Å². The fourth-order valence-electron chi connectivity index (χ4n) is 2.20. The van der Waals surface area contributed by atoms with Crippen molar-refractivity contribution in [2.45, 2.75) is 13.3 Å². The van der Waals surface area contributed by atoms with Gasteiger partial charge in [0, 0.05) is 19.0 Å². The van der Waals surface area contributed by atoms with E-state index in [1.54, 1.807) is 0 Å². The molecule has 2 heterocycles. The Hall–Kier alpha value is -1.97. The van der Waals surface area contributed by atoms with Crippen molar-refractivity contribution in [3.05, 3.63) is 30.0 Å². The van der Waals surface area contributed by atoms with Crippen LogP contribution in [0.25, 0.3) is 11.3 Å². The van der Waals surface area contributed by atoms with E-state index in [-0.39, 0.29) is 0 Å². The molecule has 0 spiro atoms. The number of hydrogen-bond acceptors (Lipinski definition) is 3. The fourth-order valence-corrected chi connectivity index (χ4v) is 2.20. The third-order valence-electron chi connectivity index (χ3n) is 3.05. The van der Waals surface area contributed by atoms with Gasteiger partial charge in [-0.3, -0.25) is 4.68 Å². The first kappa shape index (κ1) is 11.1. The molecule has 0 atom stereocenters. The fraction of sp³-hybridized carbons (Fsp3) is 0.357. The summed E-state index contributed by atoms with van der Waals surface area (Å²) in [6.07, 6.45) is 0.925. The van der Waals surface area contributed by atoms with Gasteiger partial charge in [0.15, 0.2) is 11.5 Å². The first-order valence-corrected chi connectivity index (χ1v) is 6.15. The molecule has 0 saturated heterocycles. The number of hydrogen-bond donors (Lipinski definition) is 0. The Morgan fingerprint density at radius 1 is 1.11 bits per heavy atom. The summed E-state index contributed by atoms with van der Waals surface area (Å²) in [4.78, 5) is 0. The molecule has 94 valence electrons. The summed E-state index contributed by atoms with van der Waals surface area (Å²) in [5.74, 6) is 1.65. The second-order valence-corrected chi connectivity index (χ2v) is 4.51. The van der Waals surface area contributed by atoms with Gasteiger partial charge in [-0.1, -0.05) is 0 Å². The normalized spacial score (nSPS) is 14.3. The number of ether oxygens (including phenoxy) is 2. The summed E-state index contributed by atoms with van der Waals surface area (Å²) in [6, 6.07) is 8.11. The Morgan fingerprint density at radius 2 is 1.89 bits per heavy atom. The van der Waals surface area contributed by atoms with Crippen LogP contribution in [0.2, 0.25) is 0 Å². The average Bonchev–Trinajstić information content (AvgIpc) is 2.58. The molecular weight excluding hydrogens is 228 g/mol. The summed E-state index contributed by atoms with van der Waals surface area (Å²) in [5.41, 5.74) is 3.20. The van der Waals surface area contributed by atoms with Crippen molar-refractivity contribution in [3.8, 4) is 22.8 Å². The van der Waals surface area contributed by atoms with Crippen molar-refractivity contribution in [1.82, 2.24) is 9.78 Å². The third-order valence-corrected chi connectivity index (χ3v) is 3.05. The Kier molecular flexibility index (Phi) is 2.70. The van der Waals surface area contributed by atoms with Crippen LogP contribution >= 0.6 is 0 Å². The number of benzene rings is 1. The van der Waals surface area contributed by atoms with E-state index in [0.717, 1.165) is 41.5 Å². The highest BCUT2D eigenvalue weighted by Gasteiger charge is 2.13. The van der Waals surface area contributed by atoms with Gasteiger partial charge in [-0.25, -0.2) is 0 Å². The van der Waals surface area contributed by atoms with Crippen LogP contribution in [0, 0.1) is 6.92 Å². The van der Waals surface area contributed by atoms with Gasteiger partial charge in [0.1, 0.15) is 0 Å². The van der Waals surface area contributed by atoms with Crippen molar-refractivity contribution in [2.24, 2.45) is 7.05 Å². The second kappa shape index (κ2) is 4.37. The molecule has 3 rings (SSSR count). The van der Waals surface area contributed by atoms with Gasteiger partial charge < -0.3 is 9.47 Å². The molecule has 0 fully saturated rings. The van der Waals surface area contributed by atoms with Crippen LogP contribution in [0.3, 0.4) is 0 Å². The lowest BCUT2D eigenvalue weighted by Crippen LogP contribution is -1.97. The summed E-state index contributed by atoms with van der Waals surface area (Å²) in [7, 11) is 1.95. The Morgan fingerprint density at radius 3 is 2.61 bits per heavy atom. The quantitative estimate of drug-likeness (QED) is 0.773. The predicted molar refractivity (Wildman–Crippen MR) is 69.0 cm³/mol. The monoisotopic (exact) mass is 244 g/mol. The molecule has 2 aromatic rings. The minimum absolute atomic E-state index is 0.709. The van der Waals surface area contributed by atoms with Crippen molar-refractivity contribution in [3.63, 3.8) is 0 Å². The Bertz CT molecular complexity index is 575. The zero-order valence-electron chi connectivity index (χ0n) is 10.6. The molecule has 0 unspecified atom stereocenters. The van der Waals surface area contributed by atoms with Crippen LogP contribution in [0.1, 0.15) is 12.1 Å². The zero-order valence-corrected chi connectivity index (χ0v) is 10.6. The van der Waals surface area contributed by atoms with Crippen LogP contribution < -0.4 is 9.47 Å². The molecule has 0 amide bonds. The van der Waals surface area contributed by atoms with E-state index in [4.69, 9.17) is 9.47 Å². The highest BCUT2D eigenvalue weighted by molar-refractivity contribution is 5.64. The van der Waals surface area contributed by atoms with Crippen molar-refractivity contribution >= 4 is 0 Å². The number of aryl methyl sites for hydroxylation is 2. The molecule has 0 radical (unpaired) electrons. The lowest BCUT2D eigenvalue weighted by molar-refractivity contribution is 0.297. The van der Waals surface area contributed by atoms with Gasteiger partial charge in [-0.05, 0) is 31.2 Å². The average molecular weight is 244 g/mol. The Balaban J connectivity index is 2.04. The standard InChI is InChI=1S/C14H16N2O2/c1-10-8-12(16(2)15-10)11-4-5-13-14(9-11)18-7-3-6-17-13/h4-5,8-9H,3,6-7H2,1-2H3. The summed E-state index contributed by atoms with van der Waals surface area (Å²) in [5, 5.41) is 4.36. The summed E-state index contributed by atoms with van der Waals surface area (Å²) < 4.78 is 13.2. The first-order valence-electron chi connectivity index (χ1n) is 6.15. The minimum atomic E-state index is 0.709. The number of rotatable bonds is 1. The van der Waals surface area contributed by atoms with E-state index in [0.29, 0.717) is 6.61 Å².